The van der Waals surface area contributed by atoms with Crippen LogP contribution in [0, 0.1) is 10.1 Å². The lowest BCUT2D eigenvalue weighted by atomic mass is 10.1. The van der Waals surface area contributed by atoms with Gasteiger partial charge in [-0.2, -0.15) is 5.10 Å². The van der Waals surface area contributed by atoms with Crippen LogP contribution in [0.1, 0.15) is 31.4 Å². The van der Waals surface area contributed by atoms with Crippen LogP contribution < -0.4 is 20.6 Å². The van der Waals surface area contributed by atoms with Crippen LogP contribution in [-0.2, 0) is 11.2 Å². The van der Waals surface area contributed by atoms with Gasteiger partial charge in [-0.15, -0.1) is 0 Å². The monoisotopic (exact) mass is 457 g/mol. The molecule has 0 fully saturated rings. The summed E-state index contributed by atoms with van der Waals surface area (Å²) in [6.07, 6.45) is 2.13. The van der Waals surface area contributed by atoms with E-state index in [2.05, 4.69) is 15.5 Å². The quantitative estimate of drug-likeness (QED) is 0.269. The summed E-state index contributed by atoms with van der Waals surface area (Å²) in [5.74, 6) is -0.000409. The lowest BCUT2D eigenvalue weighted by Crippen LogP contribution is -2.19. The van der Waals surface area contributed by atoms with Gasteiger partial charge < -0.3 is 15.2 Å². The number of amides is 1. The Morgan fingerprint density at radius 1 is 1.31 bits per heavy atom. The van der Waals surface area contributed by atoms with E-state index in [0.29, 0.717) is 30.3 Å². The first-order chi connectivity index (χ1) is 15.4. The van der Waals surface area contributed by atoms with Gasteiger partial charge in [0.2, 0.25) is 11.7 Å². The largest absolute Gasteiger partial charge is 0.490 e. The molecule has 3 aromatic rings. The first-order valence-corrected chi connectivity index (χ1v) is 10.8. The van der Waals surface area contributed by atoms with Gasteiger partial charge in [0, 0.05) is 11.6 Å². The van der Waals surface area contributed by atoms with Gasteiger partial charge in [-0.25, -0.2) is 10.4 Å². The Balaban J connectivity index is 1.72. The molecule has 0 radical (unpaired) electrons. The Labute approximate surface area is 188 Å². The molecule has 0 unspecified atom stereocenters. The number of fused-ring (bicyclic) bond motifs is 1. The highest BCUT2D eigenvalue weighted by Crippen LogP contribution is 2.38. The van der Waals surface area contributed by atoms with Crippen LogP contribution in [0.3, 0.4) is 0 Å². The number of thiazole rings is 1. The van der Waals surface area contributed by atoms with Gasteiger partial charge in [0.1, 0.15) is 0 Å². The number of carbonyl (C=O) groups excluding carboxylic acids is 1. The Bertz CT molecular complexity index is 1160. The lowest BCUT2D eigenvalue weighted by molar-refractivity contribution is -0.386. The third-order valence-electron chi connectivity index (χ3n) is 4.24. The maximum Gasteiger partial charge on any atom is 0.315 e. The Morgan fingerprint density at radius 2 is 2.12 bits per heavy atom. The molecule has 3 rings (SSSR count). The molecule has 0 aliphatic rings. The molecule has 0 aliphatic carbocycles. The van der Waals surface area contributed by atoms with Gasteiger partial charge in [0.05, 0.1) is 41.0 Å². The van der Waals surface area contributed by atoms with Crippen molar-refractivity contribution in [1.29, 1.82) is 0 Å². The van der Waals surface area contributed by atoms with Crippen LogP contribution in [0.25, 0.3) is 10.2 Å². The molecular weight excluding hydrogens is 434 g/mol. The van der Waals surface area contributed by atoms with Gasteiger partial charge in [0.15, 0.2) is 10.9 Å². The first kappa shape index (κ1) is 22.9. The Hall–Kier alpha value is -3.73. The summed E-state index contributed by atoms with van der Waals surface area (Å²) in [6.45, 7) is 4.31. The highest BCUT2D eigenvalue weighted by Gasteiger charge is 2.22. The predicted molar refractivity (Wildman–Crippen MR) is 124 cm³/mol. The number of anilines is 1. The van der Waals surface area contributed by atoms with Crippen molar-refractivity contribution in [2.45, 2.75) is 26.7 Å². The minimum Gasteiger partial charge on any atom is -0.490 e. The Kier molecular flexibility index (Phi) is 7.55. The molecule has 0 aliphatic heterocycles. The van der Waals surface area contributed by atoms with E-state index in [1.165, 1.54) is 23.6 Å². The molecule has 168 valence electrons. The fraction of sp³-hybridized carbons (Fsp3) is 0.286. The SMILES string of the molecule is CCCOc1c(OCC)cc(/C=N\NC(=O)Cc2ccc3nc(N)sc3c2)cc1[N+](=O)[O-]. The number of hydrazone groups is 1. The molecule has 1 aromatic heterocycles. The third kappa shape index (κ3) is 5.70. The van der Waals surface area contributed by atoms with Gasteiger partial charge in [0.25, 0.3) is 0 Å². The number of nitro groups is 1. The van der Waals surface area contributed by atoms with Crippen LogP contribution >= 0.6 is 11.3 Å². The summed E-state index contributed by atoms with van der Waals surface area (Å²) < 4.78 is 12.0. The van der Waals surface area contributed by atoms with Crippen LogP contribution in [0.4, 0.5) is 10.8 Å². The number of nitrogen functional groups attached to an aromatic ring is 1. The number of hydrogen-bond acceptors (Lipinski definition) is 9. The van der Waals surface area contributed by atoms with E-state index < -0.39 is 4.92 Å². The second-order valence-corrected chi connectivity index (χ2v) is 7.79. The number of aromatic nitrogens is 1. The average Bonchev–Trinajstić information content (AvgIpc) is 3.12. The molecule has 2 aromatic carbocycles. The first-order valence-electron chi connectivity index (χ1n) is 9.96. The molecule has 1 heterocycles. The van der Waals surface area contributed by atoms with Crippen molar-refractivity contribution < 1.29 is 19.2 Å². The van der Waals surface area contributed by atoms with Gasteiger partial charge in [-0.05, 0) is 37.1 Å². The highest BCUT2D eigenvalue weighted by molar-refractivity contribution is 7.22. The standard InChI is InChI=1S/C21H23N5O5S/c1-3-7-31-20-16(26(28)29)8-14(9-17(20)30-4-2)12-23-25-19(27)11-13-5-6-15-18(10-13)32-21(22)24-15/h5-6,8-10,12H,3-4,7,11H2,1-2H3,(H2,22,24)(H,25,27)/b23-12-. The number of nitrogens with zero attached hydrogens (tertiary/aromatic N) is 3. The molecule has 0 atom stereocenters. The van der Waals surface area contributed by atoms with Gasteiger partial charge >= 0.3 is 5.69 Å². The van der Waals surface area contributed by atoms with Crippen LogP contribution in [0.2, 0.25) is 0 Å². The number of nitro benzene ring substituents is 1. The molecule has 1 amide bonds. The van der Waals surface area contributed by atoms with Gasteiger partial charge in [-0.3, -0.25) is 14.9 Å². The Morgan fingerprint density at radius 3 is 2.84 bits per heavy atom. The van der Waals surface area contributed by atoms with Gasteiger partial charge in [-0.1, -0.05) is 24.3 Å². The summed E-state index contributed by atoms with van der Waals surface area (Å²) in [7, 11) is 0. The van der Waals surface area contributed by atoms with Crippen LogP contribution in [0.15, 0.2) is 35.4 Å². The predicted octanol–water partition coefficient (Wildman–Crippen LogP) is 3.67. The van der Waals surface area contributed by atoms with Crippen molar-refractivity contribution in [3.8, 4) is 11.5 Å². The number of hydrogen-bond donors (Lipinski definition) is 2. The van der Waals surface area contributed by atoms with Crippen molar-refractivity contribution in [2.24, 2.45) is 5.10 Å². The summed E-state index contributed by atoms with van der Waals surface area (Å²) >= 11 is 1.35. The number of benzene rings is 2. The topological polar surface area (TPSA) is 142 Å². The zero-order valence-electron chi connectivity index (χ0n) is 17.7. The van der Waals surface area contributed by atoms with E-state index in [1.54, 1.807) is 19.1 Å². The van der Waals surface area contributed by atoms with Crippen molar-refractivity contribution in [1.82, 2.24) is 10.4 Å². The van der Waals surface area contributed by atoms with E-state index >= 15 is 0 Å². The second-order valence-electron chi connectivity index (χ2n) is 6.73. The minimum absolute atomic E-state index is 0.0824. The maximum absolute atomic E-state index is 12.2. The summed E-state index contributed by atoms with van der Waals surface area (Å²) in [4.78, 5) is 27.4. The van der Waals surface area contributed by atoms with Crippen LogP contribution in [-0.4, -0.2) is 35.2 Å². The molecule has 32 heavy (non-hydrogen) atoms. The minimum atomic E-state index is -0.536. The third-order valence-corrected chi connectivity index (χ3v) is 5.09. The van der Waals surface area contributed by atoms with E-state index in [0.717, 1.165) is 15.8 Å². The molecule has 3 N–H and O–H groups in total. The highest BCUT2D eigenvalue weighted by atomic mass is 32.1. The van der Waals surface area contributed by atoms with E-state index in [1.807, 2.05) is 19.1 Å². The average molecular weight is 458 g/mol. The second kappa shape index (κ2) is 10.5. The number of nitrogens with two attached hydrogens (primary N) is 1. The molecular formula is C21H23N5O5S. The molecule has 0 saturated carbocycles. The number of ether oxygens (including phenoxy) is 2. The lowest BCUT2D eigenvalue weighted by Gasteiger charge is -2.12. The van der Waals surface area contributed by atoms with Crippen molar-refractivity contribution in [2.75, 3.05) is 18.9 Å². The van der Waals surface area contributed by atoms with E-state index in [-0.39, 0.29) is 29.5 Å². The molecule has 0 spiro atoms. The zero-order valence-corrected chi connectivity index (χ0v) is 18.5. The fourth-order valence-electron chi connectivity index (χ4n) is 2.93. The summed E-state index contributed by atoms with van der Waals surface area (Å²) in [5.41, 5.74) is 9.88. The normalized spacial score (nSPS) is 11.1. The van der Waals surface area contributed by atoms with E-state index in [4.69, 9.17) is 15.2 Å². The number of carbonyl (C=O) groups is 1. The summed E-state index contributed by atoms with van der Waals surface area (Å²) in [5, 5.41) is 15.9. The summed E-state index contributed by atoms with van der Waals surface area (Å²) in [6, 6.07) is 8.38. The van der Waals surface area contributed by atoms with Crippen LogP contribution in [0.5, 0.6) is 11.5 Å². The van der Waals surface area contributed by atoms with E-state index in [9.17, 15) is 14.9 Å². The van der Waals surface area contributed by atoms with Crippen molar-refractivity contribution >= 4 is 44.5 Å². The number of rotatable bonds is 10. The van der Waals surface area contributed by atoms with Crippen molar-refractivity contribution in [3.05, 3.63) is 51.6 Å². The molecule has 0 bridgehead atoms. The van der Waals surface area contributed by atoms with Crippen molar-refractivity contribution in [3.63, 3.8) is 0 Å². The number of nitrogens with one attached hydrogen (secondary N) is 1. The molecule has 11 heteroatoms. The maximum atomic E-state index is 12.2. The molecule has 0 saturated heterocycles. The zero-order chi connectivity index (χ0) is 23.1. The smallest absolute Gasteiger partial charge is 0.315 e. The fourth-order valence-corrected chi connectivity index (χ4v) is 3.73. The molecule has 10 nitrogen and oxygen atoms in total.